The zero-order valence-corrected chi connectivity index (χ0v) is 7.32. The van der Waals surface area contributed by atoms with Crippen molar-refractivity contribution in [2.45, 2.75) is 32.2 Å². The first kappa shape index (κ1) is 7.80. The molecule has 0 saturated carbocycles. The fourth-order valence-electron chi connectivity index (χ4n) is 1.88. The van der Waals surface area contributed by atoms with E-state index in [4.69, 9.17) is 5.11 Å². The van der Waals surface area contributed by atoms with Crippen molar-refractivity contribution in [1.29, 1.82) is 0 Å². The molecular weight excluding hydrogens is 152 g/mol. The van der Waals surface area contributed by atoms with Crippen molar-refractivity contribution in [3.8, 4) is 0 Å². The van der Waals surface area contributed by atoms with Gasteiger partial charge < -0.3 is 9.67 Å². The van der Waals surface area contributed by atoms with Crippen LogP contribution in [0.1, 0.15) is 30.3 Å². The first-order valence-electron chi connectivity index (χ1n) is 4.46. The van der Waals surface area contributed by atoms with Crippen LogP contribution < -0.4 is 0 Å². The van der Waals surface area contributed by atoms with E-state index < -0.39 is 0 Å². The summed E-state index contributed by atoms with van der Waals surface area (Å²) in [7, 11) is 0. The van der Waals surface area contributed by atoms with E-state index in [1.165, 1.54) is 0 Å². The monoisotopic (exact) mass is 166 g/mol. The number of aliphatic hydroxyl groups excluding tert-OH is 1. The molecule has 0 radical (unpaired) electrons. The van der Waals surface area contributed by atoms with Crippen LogP contribution in [0, 0.1) is 6.92 Å². The molecule has 2 heterocycles. The largest absolute Gasteiger partial charge is 0.396 e. The van der Waals surface area contributed by atoms with Gasteiger partial charge in [-0.2, -0.15) is 0 Å². The van der Waals surface area contributed by atoms with Crippen molar-refractivity contribution in [2.24, 2.45) is 0 Å². The zero-order chi connectivity index (χ0) is 8.55. The average molecular weight is 166 g/mol. The first-order valence-corrected chi connectivity index (χ1v) is 4.46. The summed E-state index contributed by atoms with van der Waals surface area (Å²) in [5.74, 6) is 1.34. The molecule has 3 heteroatoms. The van der Waals surface area contributed by atoms with Gasteiger partial charge in [0.25, 0.3) is 0 Å². The van der Waals surface area contributed by atoms with E-state index in [-0.39, 0.29) is 12.5 Å². The van der Waals surface area contributed by atoms with Crippen LogP contribution in [-0.2, 0) is 6.54 Å². The number of imidazole rings is 1. The Kier molecular flexibility index (Phi) is 1.89. The van der Waals surface area contributed by atoms with Gasteiger partial charge in [0.1, 0.15) is 5.82 Å². The van der Waals surface area contributed by atoms with Crippen molar-refractivity contribution in [3.63, 3.8) is 0 Å². The minimum Gasteiger partial charge on any atom is -0.396 e. The molecule has 0 saturated heterocycles. The van der Waals surface area contributed by atoms with Crippen LogP contribution in [0.15, 0.2) is 6.20 Å². The Morgan fingerprint density at radius 3 is 3.33 bits per heavy atom. The third kappa shape index (κ3) is 1.14. The Hall–Kier alpha value is -0.830. The predicted octanol–water partition coefficient (Wildman–Crippen LogP) is 1.06. The highest BCUT2D eigenvalue weighted by atomic mass is 16.3. The van der Waals surface area contributed by atoms with Gasteiger partial charge in [0.05, 0.1) is 12.3 Å². The van der Waals surface area contributed by atoms with E-state index in [1.54, 1.807) is 0 Å². The maximum absolute atomic E-state index is 9.09. The molecule has 1 aliphatic rings. The molecule has 0 amide bonds. The summed E-state index contributed by atoms with van der Waals surface area (Å²) in [6.07, 6.45) is 4.30. The molecule has 0 fully saturated rings. The molecular formula is C9H14N2O. The molecule has 1 N–H and O–H groups in total. The Morgan fingerprint density at radius 2 is 2.58 bits per heavy atom. The van der Waals surface area contributed by atoms with Gasteiger partial charge in [-0.1, -0.05) is 0 Å². The van der Waals surface area contributed by atoms with E-state index in [1.807, 2.05) is 6.92 Å². The summed E-state index contributed by atoms with van der Waals surface area (Å²) in [5, 5.41) is 9.09. The number of hydrogen-bond donors (Lipinski definition) is 1. The minimum absolute atomic E-state index is 0.233. The van der Waals surface area contributed by atoms with Crippen molar-refractivity contribution in [1.82, 2.24) is 9.55 Å². The zero-order valence-electron chi connectivity index (χ0n) is 7.32. The van der Waals surface area contributed by atoms with Crippen LogP contribution in [0.4, 0.5) is 0 Å². The molecule has 1 aromatic heterocycles. The molecule has 1 aromatic rings. The lowest BCUT2D eigenvalue weighted by atomic mass is 10.0. The van der Waals surface area contributed by atoms with E-state index in [9.17, 15) is 0 Å². The van der Waals surface area contributed by atoms with Gasteiger partial charge in [-0.15, -0.1) is 0 Å². The molecule has 12 heavy (non-hydrogen) atoms. The SMILES string of the molecule is Cc1cn2c(n1)[C@@H](CO)CCC2. The molecule has 0 spiro atoms. The summed E-state index contributed by atoms with van der Waals surface area (Å²) in [5.41, 5.74) is 1.06. The van der Waals surface area contributed by atoms with Gasteiger partial charge in [-0.3, -0.25) is 0 Å². The van der Waals surface area contributed by atoms with Gasteiger partial charge in [-0.25, -0.2) is 4.98 Å². The second kappa shape index (κ2) is 2.90. The third-order valence-corrected chi connectivity index (χ3v) is 2.46. The second-order valence-corrected chi connectivity index (χ2v) is 3.46. The standard InChI is InChI=1S/C9H14N2O/c1-7-5-11-4-2-3-8(6-12)9(11)10-7/h5,8,12H,2-4,6H2,1H3/t8-/m1/s1. The molecule has 0 unspecified atom stereocenters. The number of aromatic nitrogens is 2. The average Bonchev–Trinajstić information content (AvgIpc) is 2.44. The van der Waals surface area contributed by atoms with Crippen molar-refractivity contribution in [2.75, 3.05) is 6.61 Å². The predicted molar refractivity (Wildman–Crippen MR) is 46.0 cm³/mol. The molecule has 3 nitrogen and oxygen atoms in total. The van der Waals surface area contributed by atoms with Crippen LogP contribution in [0.5, 0.6) is 0 Å². The van der Waals surface area contributed by atoms with Crippen LogP contribution in [0.2, 0.25) is 0 Å². The Bertz CT molecular complexity index is 280. The van der Waals surface area contributed by atoms with E-state index in [0.29, 0.717) is 0 Å². The van der Waals surface area contributed by atoms with Crippen LogP contribution in [-0.4, -0.2) is 21.3 Å². The van der Waals surface area contributed by atoms with E-state index in [2.05, 4.69) is 15.7 Å². The smallest absolute Gasteiger partial charge is 0.114 e. The quantitative estimate of drug-likeness (QED) is 0.677. The Labute approximate surface area is 72.0 Å². The fourth-order valence-corrected chi connectivity index (χ4v) is 1.88. The van der Waals surface area contributed by atoms with Gasteiger partial charge in [0, 0.05) is 18.7 Å². The number of aliphatic hydroxyl groups is 1. The normalized spacial score (nSPS) is 22.3. The maximum Gasteiger partial charge on any atom is 0.114 e. The van der Waals surface area contributed by atoms with Crippen molar-refractivity contribution < 1.29 is 5.11 Å². The van der Waals surface area contributed by atoms with Crippen LogP contribution in [0.25, 0.3) is 0 Å². The molecule has 0 aliphatic carbocycles. The second-order valence-electron chi connectivity index (χ2n) is 3.46. The van der Waals surface area contributed by atoms with Crippen molar-refractivity contribution in [3.05, 3.63) is 17.7 Å². The highest BCUT2D eigenvalue weighted by Gasteiger charge is 2.20. The maximum atomic E-state index is 9.09. The molecule has 1 aliphatic heterocycles. The van der Waals surface area contributed by atoms with Gasteiger partial charge >= 0.3 is 0 Å². The lowest BCUT2D eigenvalue weighted by Crippen LogP contribution is -2.18. The van der Waals surface area contributed by atoms with Gasteiger partial charge in [0.15, 0.2) is 0 Å². The fraction of sp³-hybridized carbons (Fsp3) is 0.667. The molecule has 66 valence electrons. The van der Waals surface area contributed by atoms with Crippen LogP contribution in [0.3, 0.4) is 0 Å². The molecule has 2 rings (SSSR count). The molecule has 0 aromatic carbocycles. The minimum atomic E-state index is 0.233. The Balaban J connectivity index is 2.36. The topological polar surface area (TPSA) is 38.0 Å². The number of rotatable bonds is 1. The van der Waals surface area contributed by atoms with Gasteiger partial charge in [0.2, 0.25) is 0 Å². The molecule has 1 atom stereocenters. The number of hydrogen-bond acceptors (Lipinski definition) is 2. The summed E-state index contributed by atoms with van der Waals surface area (Å²) in [6.45, 7) is 3.29. The summed E-state index contributed by atoms with van der Waals surface area (Å²) in [4.78, 5) is 4.41. The number of aryl methyl sites for hydroxylation is 2. The lowest BCUT2D eigenvalue weighted by molar-refractivity contribution is 0.238. The number of nitrogens with zero attached hydrogens (tertiary/aromatic N) is 2. The number of fused-ring (bicyclic) bond motifs is 1. The third-order valence-electron chi connectivity index (χ3n) is 2.46. The lowest BCUT2D eigenvalue weighted by Gasteiger charge is -2.21. The first-order chi connectivity index (χ1) is 5.81. The molecule has 0 bridgehead atoms. The van der Waals surface area contributed by atoms with Crippen LogP contribution >= 0.6 is 0 Å². The highest BCUT2D eigenvalue weighted by Crippen LogP contribution is 2.25. The van der Waals surface area contributed by atoms with E-state index >= 15 is 0 Å². The summed E-state index contributed by atoms with van der Waals surface area (Å²) in [6, 6.07) is 0. The van der Waals surface area contributed by atoms with Gasteiger partial charge in [-0.05, 0) is 19.8 Å². The highest BCUT2D eigenvalue weighted by molar-refractivity contribution is 5.09. The summed E-state index contributed by atoms with van der Waals surface area (Å²) >= 11 is 0. The van der Waals surface area contributed by atoms with Crippen molar-refractivity contribution >= 4 is 0 Å². The Morgan fingerprint density at radius 1 is 1.75 bits per heavy atom. The van der Waals surface area contributed by atoms with E-state index in [0.717, 1.165) is 30.9 Å². The summed E-state index contributed by atoms with van der Waals surface area (Å²) < 4.78 is 2.17.